The predicted octanol–water partition coefficient (Wildman–Crippen LogP) is 3.73. The number of benzene rings is 1. The minimum Gasteiger partial charge on any atom is -0.317 e. The quantitative estimate of drug-likeness (QED) is 0.590. The van der Waals surface area contributed by atoms with E-state index in [2.05, 4.69) is 48.8 Å². The molecule has 0 saturated heterocycles. The van der Waals surface area contributed by atoms with Crippen molar-refractivity contribution in [1.82, 2.24) is 5.32 Å². The van der Waals surface area contributed by atoms with Gasteiger partial charge in [0, 0.05) is 8.95 Å². The van der Waals surface area contributed by atoms with Crippen LogP contribution in [0.3, 0.4) is 0 Å². The second-order valence-electron chi connectivity index (χ2n) is 4.47. The van der Waals surface area contributed by atoms with Crippen LogP contribution in [0.2, 0.25) is 0 Å². The lowest BCUT2D eigenvalue weighted by Gasteiger charge is -2.11. The van der Waals surface area contributed by atoms with Crippen molar-refractivity contribution in [3.05, 3.63) is 27.1 Å². The van der Waals surface area contributed by atoms with Crippen LogP contribution in [0.25, 0.3) is 0 Å². The average molecular weight is 428 g/mol. The van der Waals surface area contributed by atoms with Crippen LogP contribution >= 0.6 is 31.9 Å². The zero-order valence-corrected chi connectivity index (χ0v) is 15.4. The molecular formula is C13H20Br2N2O2S. The number of nitrogens with one attached hydrogen (secondary N) is 2. The first kappa shape index (κ1) is 17.9. The Morgan fingerprint density at radius 2 is 1.75 bits per heavy atom. The summed E-state index contributed by atoms with van der Waals surface area (Å²) in [5.41, 5.74) is 0.552. The summed E-state index contributed by atoms with van der Waals surface area (Å²) in [6.07, 6.45) is 2.60. The monoisotopic (exact) mass is 426 g/mol. The molecule has 0 spiro atoms. The van der Waals surface area contributed by atoms with Crippen molar-refractivity contribution in [3.63, 3.8) is 0 Å². The summed E-state index contributed by atoms with van der Waals surface area (Å²) >= 11 is 6.69. The van der Waals surface area contributed by atoms with Crippen LogP contribution in [-0.4, -0.2) is 27.3 Å². The molecule has 0 saturated carbocycles. The van der Waals surface area contributed by atoms with E-state index < -0.39 is 10.0 Å². The van der Waals surface area contributed by atoms with E-state index in [1.165, 1.54) is 0 Å². The van der Waals surface area contributed by atoms with Gasteiger partial charge >= 0.3 is 0 Å². The number of sulfonamides is 1. The van der Waals surface area contributed by atoms with Gasteiger partial charge in [0.05, 0.1) is 11.4 Å². The molecule has 0 aliphatic heterocycles. The van der Waals surface area contributed by atoms with E-state index in [0.717, 1.165) is 34.9 Å². The fourth-order valence-electron chi connectivity index (χ4n) is 1.65. The molecule has 7 heteroatoms. The molecule has 0 atom stereocenters. The number of hydrogen-bond donors (Lipinski definition) is 2. The highest BCUT2D eigenvalue weighted by Crippen LogP contribution is 2.31. The highest BCUT2D eigenvalue weighted by Gasteiger charge is 2.14. The summed E-state index contributed by atoms with van der Waals surface area (Å²) < 4.78 is 28.1. The maximum atomic E-state index is 12.0. The molecule has 0 fully saturated rings. The van der Waals surface area contributed by atoms with E-state index >= 15 is 0 Å². The van der Waals surface area contributed by atoms with Crippen molar-refractivity contribution in [2.75, 3.05) is 23.6 Å². The van der Waals surface area contributed by atoms with Crippen LogP contribution in [0, 0.1) is 0 Å². The first-order chi connectivity index (χ1) is 9.46. The Bertz CT molecular complexity index is 501. The molecule has 0 heterocycles. The number of halogens is 2. The third-order valence-electron chi connectivity index (χ3n) is 2.66. The molecule has 0 aliphatic carbocycles. The molecule has 20 heavy (non-hydrogen) atoms. The van der Waals surface area contributed by atoms with Crippen molar-refractivity contribution in [2.24, 2.45) is 0 Å². The molecule has 0 amide bonds. The third kappa shape index (κ3) is 6.56. The van der Waals surface area contributed by atoms with Crippen molar-refractivity contribution < 1.29 is 8.42 Å². The molecule has 2 N–H and O–H groups in total. The zero-order valence-electron chi connectivity index (χ0n) is 11.5. The van der Waals surface area contributed by atoms with E-state index in [9.17, 15) is 8.42 Å². The molecule has 114 valence electrons. The fraction of sp³-hybridized carbons (Fsp3) is 0.538. The lowest BCUT2D eigenvalue weighted by Crippen LogP contribution is -2.20. The summed E-state index contributed by atoms with van der Waals surface area (Å²) in [5.74, 6) is 0.134. The topological polar surface area (TPSA) is 58.2 Å². The largest absolute Gasteiger partial charge is 0.317 e. The van der Waals surface area contributed by atoms with Crippen LogP contribution in [0.4, 0.5) is 5.69 Å². The molecule has 4 nitrogen and oxygen atoms in total. The van der Waals surface area contributed by atoms with Gasteiger partial charge in [0.25, 0.3) is 0 Å². The minimum atomic E-state index is -3.31. The molecule has 1 aromatic carbocycles. The molecule has 0 bridgehead atoms. The van der Waals surface area contributed by atoms with E-state index in [4.69, 9.17) is 0 Å². The molecule has 0 radical (unpaired) electrons. The van der Waals surface area contributed by atoms with Crippen molar-refractivity contribution in [2.45, 2.75) is 26.2 Å². The van der Waals surface area contributed by atoms with Gasteiger partial charge in [0.2, 0.25) is 10.0 Å². The van der Waals surface area contributed by atoms with Gasteiger partial charge in [-0.05, 0) is 76.3 Å². The Kier molecular flexibility index (Phi) is 8.09. The predicted molar refractivity (Wildman–Crippen MR) is 91.6 cm³/mol. The lowest BCUT2D eigenvalue weighted by atomic mass is 10.3. The van der Waals surface area contributed by atoms with Gasteiger partial charge in [-0.15, -0.1) is 0 Å². The Labute approximate surface area is 138 Å². The number of para-hydroxylation sites is 1. The molecule has 1 aromatic rings. The number of unbranched alkanes of at least 4 members (excludes halogenated alkanes) is 1. The van der Waals surface area contributed by atoms with Crippen LogP contribution in [0.1, 0.15) is 26.2 Å². The van der Waals surface area contributed by atoms with Crippen molar-refractivity contribution >= 4 is 47.6 Å². The molecular weight excluding hydrogens is 408 g/mol. The van der Waals surface area contributed by atoms with E-state index in [-0.39, 0.29) is 5.75 Å². The third-order valence-corrected chi connectivity index (χ3v) is 5.33. The second kappa shape index (κ2) is 9.02. The first-order valence-electron chi connectivity index (χ1n) is 6.61. The first-order valence-corrected chi connectivity index (χ1v) is 9.85. The van der Waals surface area contributed by atoms with Gasteiger partial charge in [-0.2, -0.15) is 0 Å². The van der Waals surface area contributed by atoms with E-state index in [1.807, 2.05) is 6.07 Å². The van der Waals surface area contributed by atoms with Gasteiger partial charge in [-0.25, -0.2) is 8.42 Å². The summed E-state index contributed by atoms with van der Waals surface area (Å²) in [6.45, 7) is 3.95. The van der Waals surface area contributed by atoms with Gasteiger partial charge in [0.1, 0.15) is 0 Å². The van der Waals surface area contributed by atoms with Crippen molar-refractivity contribution in [3.8, 4) is 0 Å². The summed E-state index contributed by atoms with van der Waals surface area (Å²) in [4.78, 5) is 0. The van der Waals surface area contributed by atoms with Gasteiger partial charge in [-0.1, -0.05) is 13.0 Å². The van der Waals surface area contributed by atoms with E-state index in [1.54, 1.807) is 12.1 Å². The summed E-state index contributed by atoms with van der Waals surface area (Å²) in [6, 6.07) is 5.44. The smallest absolute Gasteiger partial charge is 0.232 e. The average Bonchev–Trinajstić information content (AvgIpc) is 2.38. The molecule has 0 aliphatic rings. The van der Waals surface area contributed by atoms with Gasteiger partial charge < -0.3 is 5.32 Å². The Balaban J connectivity index is 2.46. The molecule has 0 aromatic heterocycles. The minimum absolute atomic E-state index is 0.134. The lowest BCUT2D eigenvalue weighted by molar-refractivity contribution is 0.590. The number of hydrogen-bond acceptors (Lipinski definition) is 3. The van der Waals surface area contributed by atoms with Crippen LogP contribution < -0.4 is 10.0 Å². The van der Waals surface area contributed by atoms with Gasteiger partial charge in [0.15, 0.2) is 0 Å². The highest BCUT2D eigenvalue weighted by atomic mass is 79.9. The summed E-state index contributed by atoms with van der Waals surface area (Å²) in [7, 11) is -3.31. The standard InChI is InChI=1S/C13H20Br2N2O2S/c1-2-8-16-9-3-4-10-20(18,19)17-13-11(14)6-5-7-12(13)15/h5-7,16-17H,2-4,8-10H2,1H3. The Morgan fingerprint density at radius 3 is 2.35 bits per heavy atom. The van der Waals surface area contributed by atoms with Crippen molar-refractivity contribution in [1.29, 1.82) is 0 Å². The zero-order chi connectivity index (χ0) is 15.0. The van der Waals surface area contributed by atoms with Crippen LogP contribution in [0.5, 0.6) is 0 Å². The second-order valence-corrected chi connectivity index (χ2v) is 8.03. The Hall–Kier alpha value is -0.110. The van der Waals surface area contributed by atoms with E-state index in [0.29, 0.717) is 12.1 Å². The maximum Gasteiger partial charge on any atom is 0.232 e. The maximum absolute atomic E-state index is 12.0. The fourth-order valence-corrected chi connectivity index (χ4v) is 4.32. The summed E-state index contributed by atoms with van der Waals surface area (Å²) in [5, 5.41) is 3.26. The van der Waals surface area contributed by atoms with Gasteiger partial charge in [-0.3, -0.25) is 4.72 Å². The Morgan fingerprint density at radius 1 is 1.10 bits per heavy atom. The van der Waals surface area contributed by atoms with Crippen LogP contribution in [-0.2, 0) is 10.0 Å². The van der Waals surface area contributed by atoms with Crippen LogP contribution in [0.15, 0.2) is 27.1 Å². The number of rotatable bonds is 9. The number of anilines is 1. The SMILES string of the molecule is CCCNCCCCS(=O)(=O)Nc1c(Br)cccc1Br. The normalized spacial score (nSPS) is 11.6. The highest BCUT2D eigenvalue weighted by molar-refractivity contribution is 9.11. The molecule has 1 rings (SSSR count). The molecule has 0 unspecified atom stereocenters.